The van der Waals surface area contributed by atoms with Crippen molar-refractivity contribution in [3.8, 4) is 0 Å². The third kappa shape index (κ3) is 5.88. The Morgan fingerprint density at radius 3 is 2.15 bits per heavy atom. The zero-order valence-corrected chi connectivity index (χ0v) is 12.9. The Balaban J connectivity index is 2.24. The molecule has 1 N–H and O–H groups in total. The van der Waals surface area contributed by atoms with E-state index >= 15 is 0 Å². The van der Waals surface area contributed by atoms with Gasteiger partial charge in [0.2, 0.25) is 11.8 Å². The Morgan fingerprint density at radius 2 is 1.65 bits per heavy atom. The molecule has 1 aliphatic rings. The zero-order valence-electron chi connectivity index (χ0n) is 12.9. The summed E-state index contributed by atoms with van der Waals surface area (Å²) in [4.78, 5) is 27.5. The lowest BCUT2D eigenvalue weighted by Crippen LogP contribution is -2.52. The Hall–Kier alpha value is -1.14. The monoisotopic (exact) mass is 285 g/mol. The third-order valence-corrected chi connectivity index (χ3v) is 3.33. The molecule has 6 heteroatoms. The highest BCUT2D eigenvalue weighted by molar-refractivity contribution is 5.79. The summed E-state index contributed by atoms with van der Waals surface area (Å²) in [6.07, 6.45) is 0.590. The van der Waals surface area contributed by atoms with Crippen LogP contribution in [0.1, 0.15) is 20.3 Å². The van der Waals surface area contributed by atoms with E-state index in [1.54, 1.807) is 7.11 Å². The van der Waals surface area contributed by atoms with Gasteiger partial charge in [0.05, 0.1) is 13.2 Å². The van der Waals surface area contributed by atoms with E-state index in [1.165, 1.54) is 0 Å². The highest BCUT2D eigenvalue weighted by Crippen LogP contribution is 2.08. The molecule has 0 aromatic carbocycles. The van der Waals surface area contributed by atoms with Gasteiger partial charge in [-0.1, -0.05) is 13.8 Å². The van der Waals surface area contributed by atoms with Gasteiger partial charge in [0.1, 0.15) is 0 Å². The van der Waals surface area contributed by atoms with Crippen molar-refractivity contribution >= 4 is 11.8 Å². The van der Waals surface area contributed by atoms with Crippen molar-refractivity contribution in [2.45, 2.75) is 20.3 Å². The van der Waals surface area contributed by atoms with Crippen LogP contribution < -0.4 is 5.32 Å². The largest absolute Gasteiger partial charge is 0.383 e. The topological polar surface area (TPSA) is 61.9 Å². The van der Waals surface area contributed by atoms with Gasteiger partial charge in [0.25, 0.3) is 0 Å². The van der Waals surface area contributed by atoms with Crippen LogP contribution in [0.15, 0.2) is 0 Å². The van der Waals surface area contributed by atoms with Gasteiger partial charge >= 0.3 is 0 Å². The van der Waals surface area contributed by atoms with Gasteiger partial charge in [-0.05, 0) is 5.92 Å². The molecule has 1 heterocycles. The predicted molar refractivity (Wildman–Crippen MR) is 77.4 cm³/mol. The molecule has 0 aromatic heterocycles. The molecule has 116 valence electrons. The smallest absolute Gasteiger partial charge is 0.236 e. The summed E-state index contributed by atoms with van der Waals surface area (Å²) in [6.45, 7) is 8.27. The molecule has 1 saturated heterocycles. The van der Waals surface area contributed by atoms with Crippen LogP contribution in [0.25, 0.3) is 0 Å². The number of methoxy groups -OCH3 is 1. The third-order valence-electron chi connectivity index (χ3n) is 3.33. The van der Waals surface area contributed by atoms with E-state index in [0.29, 0.717) is 58.2 Å². The van der Waals surface area contributed by atoms with Gasteiger partial charge in [-0.25, -0.2) is 0 Å². The number of nitrogens with one attached hydrogen (secondary N) is 1. The Morgan fingerprint density at radius 1 is 1.10 bits per heavy atom. The molecular formula is C14H27N3O3. The zero-order chi connectivity index (χ0) is 15.0. The van der Waals surface area contributed by atoms with Crippen LogP contribution in [-0.2, 0) is 14.3 Å². The molecule has 6 nitrogen and oxygen atoms in total. The van der Waals surface area contributed by atoms with E-state index in [-0.39, 0.29) is 11.8 Å². The second-order valence-electron chi connectivity index (χ2n) is 5.53. The summed E-state index contributed by atoms with van der Waals surface area (Å²) in [5.41, 5.74) is 0. The SMILES string of the molecule is COCCNCC(=O)N1CCN(C(=O)CC(C)C)CC1. The molecule has 0 saturated carbocycles. The number of carbonyl (C=O) groups excluding carboxylic acids is 2. The van der Waals surface area contributed by atoms with Crippen LogP contribution >= 0.6 is 0 Å². The maximum Gasteiger partial charge on any atom is 0.236 e. The lowest BCUT2D eigenvalue weighted by molar-refractivity contribution is -0.139. The number of carbonyl (C=O) groups is 2. The standard InChI is InChI=1S/C14H27N3O3/c1-12(2)10-13(18)16-5-7-17(8-6-16)14(19)11-15-4-9-20-3/h12,15H,4-11H2,1-3H3. The average molecular weight is 285 g/mol. The number of ether oxygens (including phenoxy) is 1. The Bertz CT molecular complexity index is 313. The van der Waals surface area contributed by atoms with Gasteiger partial charge in [0, 0.05) is 46.3 Å². The second kappa shape index (κ2) is 8.92. The van der Waals surface area contributed by atoms with Crippen molar-refractivity contribution in [1.82, 2.24) is 15.1 Å². The van der Waals surface area contributed by atoms with Crippen LogP contribution in [0, 0.1) is 5.92 Å². The average Bonchev–Trinajstić information content (AvgIpc) is 2.43. The fraction of sp³-hybridized carbons (Fsp3) is 0.857. The van der Waals surface area contributed by atoms with Crippen LogP contribution in [0.3, 0.4) is 0 Å². The number of rotatable bonds is 7. The van der Waals surface area contributed by atoms with E-state index in [4.69, 9.17) is 4.74 Å². The summed E-state index contributed by atoms with van der Waals surface area (Å²) < 4.78 is 4.91. The molecule has 20 heavy (non-hydrogen) atoms. The van der Waals surface area contributed by atoms with Crippen molar-refractivity contribution < 1.29 is 14.3 Å². The lowest BCUT2D eigenvalue weighted by atomic mass is 10.1. The Labute approximate surface area is 121 Å². The molecule has 1 rings (SSSR count). The number of amides is 2. The molecule has 0 unspecified atom stereocenters. The van der Waals surface area contributed by atoms with Crippen molar-refractivity contribution in [3.63, 3.8) is 0 Å². The summed E-state index contributed by atoms with van der Waals surface area (Å²) in [5.74, 6) is 0.675. The van der Waals surface area contributed by atoms with E-state index in [2.05, 4.69) is 5.32 Å². The van der Waals surface area contributed by atoms with Crippen molar-refractivity contribution in [1.29, 1.82) is 0 Å². The van der Waals surface area contributed by atoms with Crippen molar-refractivity contribution in [2.24, 2.45) is 5.92 Å². The molecule has 0 aliphatic carbocycles. The van der Waals surface area contributed by atoms with E-state index in [0.717, 1.165) is 0 Å². The number of nitrogens with zero attached hydrogens (tertiary/aromatic N) is 2. The minimum absolute atomic E-state index is 0.0945. The summed E-state index contributed by atoms with van der Waals surface area (Å²) in [5, 5.41) is 3.05. The van der Waals surface area contributed by atoms with E-state index in [1.807, 2.05) is 23.6 Å². The quantitative estimate of drug-likeness (QED) is 0.666. The first-order valence-electron chi connectivity index (χ1n) is 7.29. The van der Waals surface area contributed by atoms with Crippen LogP contribution in [0.4, 0.5) is 0 Å². The lowest BCUT2D eigenvalue weighted by Gasteiger charge is -2.35. The van der Waals surface area contributed by atoms with E-state index < -0.39 is 0 Å². The maximum atomic E-state index is 11.9. The second-order valence-corrected chi connectivity index (χ2v) is 5.53. The fourth-order valence-corrected chi connectivity index (χ4v) is 2.16. The molecule has 0 atom stereocenters. The summed E-state index contributed by atoms with van der Waals surface area (Å²) >= 11 is 0. The first-order chi connectivity index (χ1) is 9.54. The van der Waals surface area contributed by atoms with Gasteiger partial charge < -0.3 is 19.9 Å². The van der Waals surface area contributed by atoms with Gasteiger partial charge in [-0.2, -0.15) is 0 Å². The number of hydrogen-bond donors (Lipinski definition) is 1. The number of hydrogen-bond acceptors (Lipinski definition) is 4. The molecule has 0 radical (unpaired) electrons. The maximum absolute atomic E-state index is 11.9. The van der Waals surface area contributed by atoms with Crippen molar-refractivity contribution in [2.75, 3.05) is 53.0 Å². The first-order valence-corrected chi connectivity index (χ1v) is 7.29. The molecule has 0 aromatic rings. The van der Waals surface area contributed by atoms with Gasteiger partial charge in [-0.15, -0.1) is 0 Å². The molecule has 1 fully saturated rings. The normalized spacial score (nSPS) is 15.8. The number of piperazine rings is 1. The molecular weight excluding hydrogens is 258 g/mol. The van der Waals surface area contributed by atoms with Crippen LogP contribution in [-0.4, -0.2) is 74.6 Å². The molecule has 0 bridgehead atoms. The molecule has 2 amide bonds. The van der Waals surface area contributed by atoms with Gasteiger partial charge in [-0.3, -0.25) is 9.59 Å². The summed E-state index contributed by atoms with van der Waals surface area (Å²) in [7, 11) is 1.64. The van der Waals surface area contributed by atoms with E-state index in [9.17, 15) is 9.59 Å². The predicted octanol–water partition coefficient (Wildman–Crippen LogP) is -0.0607. The highest BCUT2D eigenvalue weighted by Gasteiger charge is 2.23. The van der Waals surface area contributed by atoms with Crippen molar-refractivity contribution in [3.05, 3.63) is 0 Å². The Kier molecular flexibility index (Phi) is 7.54. The minimum atomic E-state index is 0.0945. The molecule has 1 aliphatic heterocycles. The first kappa shape index (κ1) is 16.9. The van der Waals surface area contributed by atoms with Crippen LogP contribution in [0.2, 0.25) is 0 Å². The molecule has 0 spiro atoms. The van der Waals surface area contributed by atoms with Gasteiger partial charge in [0.15, 0.2) is 0 Å². The van der Waals surface area contributed by atoms with Crippen LogP contribution in [0.5, 0.6) is 0 Å². The minimum Gasteiger partial charge on any atom is -0.383 e. The summed E-state index contributed by atoms with van der Waals surface area (Å²) in [6, 6.07) is 0. The fourth-order valence-electron chi connectivity index (χ4n) is 2.16. The highest BCUT2D eigenvalue weighted by atomic mass is 16.5.